The first kappa shape index (κ1) is 18.4. The topological polar surface area (TPSA) is 63.0 Å². The van der Waals surface area contributed by atoms with E-state index in [0.717, 1.165) is 25.6 Å². The standard InChI is InChI=1S/C20H18N2O2S2/c1-4-24-19(23)20(2,3)26-18-8-7-17(25-18)14-9-10-22-16-6-5-13(12-21)11-15(14)16/h5-11H,4H2,1-3H3. The van der Waals surface area contributed by atoms with Crippen LogP contribution in [0.15, 0.2) is 46.8 Å². The minimum atomic E-state index is -0.646. The molecule has 0 fully saturated rings. The molecule has 4 nitrogen and oxygen atoms in total. The summed E-state index contributed by atoms with van der Waals surface area (Å²) in [6.45, 7) is 5.93. The normalized spacial score (nSPS) is 11.3. The molecule has 132 valence electrons. The molecule has 0 aliphatic carbocycles. The summed E-state index contributed by atoms with van der Waals surface area (Å²) in [6, 6.07) is 13.7. The predicted molar refractivity (Wildman–Crippen MR) is 106 cm³/mol. The molecule has 0 spiro atoms. The van der Waals surface area contributed by atoms with Crippen LogP contribution < -0.4 is 0 Å². The van der Waals surface area contributed by atoms with Gasteiger partial charge in [0, 0.05) is 22.0 Å². The summed E-state index contributed by atoms with van der Waals surface area (Å²) in [7, 11) is 0. The zero-order chi connectivity index (χ0) is 18.7. The molecule has 0 amide bonds. The molecule has 3 rings (SSSR count). The van der Waals surface area contributed by atoms with Crippen molar-refractivity contribution in [2.24, 2.45) is 0 Å². The number of thioether (sulfide) groups is 1. The second-order valence-electron chi connectivity index (χ2n) is 6.15. The fourth-order valence-electron chi connectivity index (χ4n) is 2.55. The van der Waals surface area contributed by atoms with Gasteiger partial charge in [0.25, 0.3) is 0 Å². The maximum Gasteiger partial charge on any atom is 0.322 e. The molecule has 6 heteroatoms. The number of aromatic nitrogens is 1. The van der Waals surface area contributed by atoms with Crippen LogP contribution in [0.4, 0.5) is 0 Å². The molecule has 26 heavy (non-hydrogen) atoms. The second-order valence-corrected chi connectivity index (χ2v) is 9.16. The zero-order valence-electron chi connectivity index (χ0n) is 14.8. The van der Waals surface area contributed by atoms with E-state index in [-0.39, 0.29) is 5.97 Å². The van der Waals surface area contributed by atoms with Crippen molar-refractivity contribution in [1.82, 2.24) is 4.98 Å². The number of fused-ring (bicyclic) bond motifs is 1. The van der Waals surface area contributed by atoms with E-state index in [1.54, 1.807) is 23.6 Å². The maximum absolute atomic E-state index is 12.1. The summed E-state index contributed by atoms with van der Waals surface area (Å²) < 4.78 is 5.55. The lowest BCUT2D eigenvalue weighted by atomic mass is 10.1. The Bertz CT molecular complexity index is 1000. The van der Waals surface area contributed by atoms with Gasteiger partial charge >= 0.3 is 5.97 Å². The molecule has 0 saturated heterocycles. The van der Waals surface area contributed by atoms with Crippen molar-refractivity contribution in [3.63, 3.8) is 0 Å². The van der Waals surface area contributed by atoms with Crippen molar-refractivity contribution in [1.29, 1.82) is 5.26 Å². The fourth-order valence-corrected chi connectivity index (χ4v) is 5.17. The Morgan fingerprint density at radius 2 is 2.12 bits per heavy atom. The Balaban J connectivity index is 1.94. The fraction of sp³-hybridized carbons (Fsp3) is 0.250. The van der Waals surface area contributed by atoms with E-state index in [1.165, 1.54) is 11.8 Å². The van der Waals surface area contributed by atoms with E-state index in [4.69, 9.17) is 4.74 Å². The number of benzene rings is 1. The van der Waals surface area contributed by atoms with Gasteiger partial charge in [0.1, 0.15) is 4.75 Å². The quantitative estimate of drug-likeness (QED) is 0.444. The van der Waals surface area contributed by atoms with Gasteiger partial charge < -0.3 is 4.74 Å². The van der Waals surface area contributed by atoms with E-state index >= 15 is 0 Å². The van der Waals surface area contributed by atoms with Gasteiger partial charge in [-0.25, -0.2) is 0 Å². The Hall–Kier alpha value is -2.36. The van der Waals surface area contributed by atoms with Crippen molar-refractivity contribution in [2.75, 3.05) is 6.61 Å². The van der Waals surface area contributed by atoms with Crippen LogP contribution in [0.25, 0.3) is 21.3 Å². The van der Waals surface area contributed by atoms with Crippen LogP contribution in [-0.4, -0.2) is 22.3 Å². The number of nitriles is 1. The lowest BCUT2D eigenvalue weighted by molar-refractivity contribution is -0.145. The molecular weight excluding hydrogens is 364 g/mol. The summed E-state index contributed by atoms with van der Waals surface area (Å²) in [6.07, 6.45) is 1.78. The predicted octanol–water partition coefficient (Wildman–Crippen LogP) is 5.27. The summed E-state index contributed by atoms with van der Waals surface area (Å²) in [5.74, 6) is -0.215. The van der Waals surface area contributed by atoms with E-state index in [9.17, 15) is 10.1 Å². The molecule has 3 aromatic rings. The third-order valence-electron chi connectivity index (χ3n) is 3.84. The molecule has 0 bridgehead atoms. The van der Waals surface area contributed by atoms with Crippen LogP contribution >= 0.6 is 23.1 Å². The SMILES string of the molecule is CCOC(=O)C(C)(C)Sc1ccc(-c2ccnc3ccc(C#N)cc23)s1. The summed E-state index contributed by atoms with van der Waals surface area (Å²) in [5.41, 5.74) is 2.51. The van der Waals surface area contributed by atoms with Crippen molar-refractivity contribution < 1.29 is 9.53 Å². The molecule has 0 saturated carbocycles. The first-order chi connectivity index (χ1) is 12.4. The van der Waals surface area contributed by atoms with Gasteiger partial charge in [0.2, 0.25) is 0 Å². The largest absolute Gasteiger partial charge is 0.465 e. The molecule has 2 heterocycles. The molecule has 0 aliphatic rings. The Morgan fingerprint density at radius 1 is 1.31 bits per heavy atom. The Kier molecular flexibility index (Phi) is 5.30. The number of pyridine rings is 1. The number of esters is 1. The van der Waals surface area contributed by atoms with Crippen LogP contribution in [0.3, 0.4) is 0 Å². The first-order valence-electron chi connectivity index (χ1n) is 8.20. The summed E-state index contributed by atoms with van der Waals surface area (Å²) in [4.78, 5) is 17.6. The average Bonchev–Trinajstić information content (AvgIpc) is 3.08. The molecule has 2 aromatic heterocycles. The van der Waals surface area contributed by atoms with Crippen molar-refractivity contribution in [2.45, 2.75) is 29.7 Å². The maximum atomic E-state index is 12.1. The summed E-state index contributed by atoms with van der Waals surface area (Å²) >= 11 is 3.12. The second kappa shape index (κ2) is 7.48. The van der Waals surface area contributed by atoms with Gasteiger partial charge in [-0.2, -0.15) is 5.26 Å². The lowest BCUT2D eigenvalue weighted by Crippen LogP contribution is -2.29. The van der Waals surface area contributed by atoms with Crippen LogP contribution in [0.5, 0.6) is 0 Å². The number of hydrogen-bond donors (Lipinski definition) is 0. The first-order valence-corrected chi connectivity index (χ1v) is 9.83. The average molecular weight is 383 g/mol. The number of carbonyl (C=O) groups is 1. The van der Waals surface area contributed by atoms with Gasteiger partial charge in [-0.15, -0.1) is 11.3 Å². The van der Waals surface area contributed by atoms with Crippen LogP contribution in [0, 0.1) is 11.3 Å². The van der Waals surface area contributed by atoms with Crippen molar-refractivity contribution in [3.05, 3.63) is 48.2 Å². The highest BCUT2D eigenvalue weighted by Gasteiger charge is 2.31. The number of thiophene rings is 1. The number of ether oxygens (including phenoxy) is 1. The minimum Gasteiger partial charge on any atom is -0.465 e. The number of hydrogen-bond acceptors (Lipinski definition) is 6. The Morgan fingerprint density at radius 3 is 2.85 bits per heavy atom. The molecule has 1 aromatic carbocycles. The highest BCUT2D eigenvalue weighted by molar-refractivity contribution is 8.03. The van der Waals surface area contributed by atoms with Crippen LogP contribution in [0.1, 0.15) is 26.3 Å². The molecule has 0 radical (unpaired) electrons. The van der Waals surface area contributed by atoms with Crippen LogP contribution in [0.2, 0.25) is 0 Å². The van der Waals surface area contributed by atoms with Crippen molar-refractivity contribution >= 4 is 40.0 Å². The smallest absolute Gasteiger partial charge is 0.322 e. The molecule has 0 aliphatic heterocycles. The highest BCUT2D eigenvalue weighted by Crippen LogP contribution is 2.41. The van der Waals surface area contributed by atoms with E-state index in [1.807, 2.05) is 51.1 Å². The monoisotopic (exact) mass is 382 g/mol. The van der Waals surface area contributed by atoms with Gasteiger partial charge in [-0.05, 0) is 57.2 Å². The van der Waals surface area contributed by atoms with Gasteiger partial charge in [0.05, 0.1) is 28.0 Å². The van der Waals surface area contributed by atoms with Gasteiger partial charge in [0.15, 0.2) is 0 Å². The van der Waals surface area contributed by atoms with E-state index in [0.29, 0.717) is 12.2 Å². The third-order valence-corrected chi connectivity index (χ3v) is 6.27. The zero-order valence-corrected chi connectivity index (χ0v) is 16.4. The third kappa shape index (κ3) is 3.74. The van der Waals surface area contributed by atoms with Gasteiger partial charge in [-0.1, -0.05) is 11.8 Å². The minimum absolute atomic E-state index is 0.215. The number of nitrogens with zero attached hydrogens (tertiary/aromatic N) is 2. The molecule has 0 unspecified atom stereocenters. The van der Waals surface area contributed by atoms with Crippen LogP contribution in [-0.2, 0) is 9.53 Å². The Labute approximate surface area is 160 Å². The van der Waals surface area contributed by atoms with Gasteiger partial charge in [-0.3, -0.25) is 9.78 Å². The summed E-state index contributed by atoms with van der Waals surface area (Å²) in [5, 5.41) is 10.1. The lowest BCUT2D eigenvalue weighted by Gasteiger charge is -2.20. The molecular formula is C20H18N2O2S2. The molecule has 0 N–H and O–H groups in total. The number of carbonyl (C=O) groups excluding carboxylic acids is 1. The van der Waals surface area contributed by atoms with E-state index < -0.39 is 4.75 Å². The van der Waals surface area contributed by atoms with E-state index in [2.05, 4.69) is 11.1 Å². The van der Waals surface area contributed by atoms with Crippen molar-refractivity contribution in [3.8, 4) is 16.5 Å². The molecule has 0 atom stereocenters. The number of rotatable bonds is 5. The highest BCUT2D eigenvalue weighted by atomic mass is 32.2.